The van der Waals surface area contributed by atoms with Gasteiger partial charge in [0.05, 0.1) is 0 Å². The van der Waals surface area contributed by atoms with Crippen LogP contribution in [-0.2, 0) is 11.3 Å². The van der Waals surface area contributed by atoms with Gasteiger partial charge in [-0.1, -0.05) is 49.7 Å². The van der Waals surface area contributed by atoms with Crippen molar-refractivity contribution in [2.24, 2.45) is 5.92 Å². The number of urea groups is 1. The third-order valence-corrected chi connectivity index (χ3v) is 4.75. The van der Waals surface area contributed by atoms with Crippen molar-refractivity contribution in [3.05, 3.63) is 59.7 Å². The number of benzene rings is 2. The van der Waals surface area contributed by atoms with E-state index in [0.29, 0.717) is 13.1 Å². The molecule has 0 atom stereocenters. The third-order valence-electron chi connectivity index (χ3n) is 4.75. The number of amides is 3. The number of hydrogen-bond donors (Lipinski definition) is 1. The van der Waals surface area contributed by atoms with E-state index >= 15 is 0 Å². The second-order valence-corrected chi connectivity index (χ2v) is 7.39. The summed E-state index contributed by atoms with van der Waals surface area (Å²) in [4.78, 5) is 28.6. The molecule has 0 aromatic heterocycles. The smallest absolute Gasteiger partial charge is 0.324 e. The molecule has 1 aliphatic heterocycles. The van der Waals surface area contributed by atoms with Crippen LogP contribution in [0.3, 0.4) is 0 Å². The number of nitrogens with zero attached hydrogens (tertiary/aromatic N) is 2. The quantitative estimate of drug-likeness (QED) is 0.853. The van der Waals surface area contributed by atoms with Crippen molar-refractivity contribution < 1.29 is 9.59 Å². The molecule has 1 fully saturated rings. The summed E-state index contributed by atoms with van der Waals surface area (Å²) in [5.74, 6) is -0.117. The molecule has 142 valence electrons. The minimum absolute atomic E-state index is 0.00848. The maximum Gasteiger partial charge on any atom is 0.324 e. The second kappa shape index (κ2) is 8.25. The van der Waals surface area contributed by atoms with Gasteiger partial charge >= 0.3 is 6.03 Å². The zero-order valence-corrected chi connectivity index (χ0v) is 16.2. The Hall–Kier alpha value is -2.82. The molecule has 5 nitrogen and oxygen atoms in total. The van der Waals surface area contributed by atoms with E-state index in [1.54, 1.807) is 4.90 Å². The maximum absolute atomic E-state index is 13.0. The zero-order chi connectivity index (χ0) is 19.4. The van der Waals surface area contributed by atoms with Gasteiger partial charge in [0.15, 0.2) is 0 Å². The monoisotopic (exact) mass is 365 g/mol. The van der Waals surface area contributed by atoms with Crippen LogP contribution in [0.1, 0.15) is 31.4 Å². The number of anilines is 2. The van der Waals surface area contributed by atoms with Gasteiger partial charge in [-0.3, -0.25) is 9.69 Å². The molecule has 0 radical (unpaired) electrons. The molecule has 1 heterocycles. The summed E-state index contributed by atoms with van der Waals surface area (Å²) in [5.41, 5.74) is 3.88. The Morgan fingerprint density at radius 2 is 1.85 bits per heavy atom. The number of rotatable bonds is 5. The van der Waals surface area contributed by atoms with Crippen molar-refractivity contribution in [2.75, 3.05) is 23.3 Å². The molecule has 0 saturated carbocycles. The Balaban J connectivity index is 1.73. The average Bonchev–Trinajstić information content (AvgIpc) is 2.65. The third kappa shape index (κ3) is 4.67. The first-order valence-electron chi connectivity index (χ1n) is 9.47. The van der Waals surface area contributed by atoms with Crippen molar-refractivity contribution in [1.29, 1.82) is 0 Å². The SMILES string of the molecule is Cc1ccc(CN2CCCN(c3cccc(NC(=O)C(C)C)c3)C2=O)cc1. The molecule has 0 spiro atoms. The summed E-state index contributed by atoms with van der Waals surface area (Å²) in [7, 11) is 0. The zero-order valence-electron chi connectivity index (χ0n) is 16.2. The standard InChI is InChI=1S/C22H27N3O2/c1-16(2)21(26)23-19-6-4-7-20(14-19)25-13-5-12-24(22(25)27)15-18-10-8-17(3)9-11-18/h4,6-11,14,16H,5,12-13,15H2,1-3H3,(H,23,26). The first-order chi connectivity index (χ1) is 12.9. The molecule has 2 aromatic rings. The van der Waals surface area contributed by atoms with Crippen LogP contribution in [0.15, 0.2) is 48.5 Å². The highest BCUT2D eigenvalue weighted by atomic mass is 16.2. The largest absolute Gasteiger partial charge is 0.326 e. The fourth-order valence-electron chi connectivity index (χ4n) is 3.12. The van der Waals surface area contributed by atoms with Crippen LogP contribution < -0.4 is 10.2 Å². The molecule has 0 aliphatic carbocycles. The molecular formula is C22H27N3O2. The minimum Gasteiger partial charge on any atom is -0.326 e. The van der Waals surface area contributed by atoms with Crippen molar-refractivity contribution >= 4 is 23.3 Å². The van der Waals surface area contributed by atoms with Gasteiger partial charge < -0.3 is 10.2 Å². The van der Waals surface area contributed by atoms with Gasteiger partial charge in [0.2, 0.25) is 5.91 Å². The molecule has 2 aromatic carbocycles. The van der Waals surface area contributed by atoms with Gasteiger partial charge in [-0.05, 0) is 37.1 Å². The highest BCUT2D eigenvalue weighted by molar-refractivity contribution is 5.95. The van der Waals surface area contributed by atoms with Crippen molar-refractivity contribution in [3.8, 4) is 0 Å². The number of carbonyl (C=O) groups excluding carboxylic acids is 2. The molecular weight excluding hydrogens is 338 g/mol. The molecule has 5 heteroatoms. The summed E-state index contributed by atoms with van der Waals surface area (Å²) >= 11 is 0. The fraction of sp³-hybridized carbons (Fsp3) is 0.364. The molecule has 1 saturated heterocycles. The number of hydrogen-bond acceptors (Lipinski definition) is 2. The lowest BCUT2D eigenvalue weighted by molar-refractivity contribution is -0.118. The topological polar surface area (TPSA) is 52.6 Å². The van der Waals surface area contributed by atoms with Crippen molar-refractivity contribution in [3.63, 3.8) is 0 Å². The summed E-state index contributed by atoms with van der Waals surface area (Å²) < 4.78 is 0. The number of carbonyl (C=O) groups is 2. The minimum atomic E-state index is -0.0877. The van der Waals surface area contributed by atoms with Gasteiger partial charge in [-0.2, -0.15) is 0 Å². The van der Waals surface area contributed by atoms with E-state index in [-0.39, 0.29) is 17.9 Å². The molecule has 0 bridgehead atoms. The first kappa shape index (κ1) is 19.0. The lowest BCUT2D eigenvalue weighted by atomic mass is 10.1. The van der Waals surface area contributed by atoms with E-state index in [2.05, 4.69) is 36.5 Å². The highest BCUT2D eigenvalue weighted by Crippen LogP contribution is 2.24. The van der Waals surface area contributed by atoms with Crippen LogP contribution in [0.4, 0.5) is 16.2 Å². The van der Waals surface area contributed by atoms with Gasteiger partial charge in [0, 0.05) is 36.9 Å². The molecule has 1 N–H and O–H groups in total. The summed E-state index contributed by atoms with van der Waals surface area (Å²) in [6, 6.07) is 15.8. The van der Waals surface area contributed by atoms with Crippen molar-refractivity contribution in [2.45, 2.75) is 33.7 Å². The van der Waals surface area contributed by atoms with Gasteiger partial charge in [0.1, 0.15) is 0 Å². The van der Waals surface area contributed by atoms with Crippen LogP contribution in [0, 0.1) is 12.8 Å². The molecule has 1 aliphatic rings. The Kier molecular flexibility index (Phi) is 5.79. The second-order valence-electron chi connectivity index (χ2n) is 7.39. The Morgan fingerprint density at radius 3 is 2.56 bits per heavy atom. The molecule has 0 unspecified atom stereocenters. The maximum atomic E-state index is 13.0. The summed E-state index contributed by atoms with van der Waals surface area (Å²) in [6.07, 6.45) is 0.917. The van der Waals surface area contributed by atoms with E-state index in [4.69, 9.17) is 0 Å². The predicted octanol–water partition coefficient (Wildman–Crippen LogP) is 4.42. The molecule has 3 amide bonds. The van der Waals surface area contributed by atoms with Crippen LogP contribution in [0.25, 0.3) is 0 Å². The van der Waals surface area contributed by atoms with E-state index in [0.717, 1.165) is 29.9 Å². The van der Waals surface area contributed by atoms with Crippen LogP contribution in [0.5, 0.6) is 0 Å². The predicted molar refractivity (Wildman–Crippen MR) is 109 cm³/mol. The van der Waals surface area contributed by atoms with E-state index in [9.17, 15) is 9.59 Å². The highest BCUT2D eigenvalue weighted by Gasteiger charge is 2.27. The molecule has 3 rings (SSSR count). The first-order valence-corrected chi connectivity index (χ1v) is 9.47. The lowest BCUT2D eigenvalue weighted by Crippen LogP contribution is -2.49. The average molecular weight is 365 g/mol. The Morgan fingerprint density at radius 1 is 1.11 bits per heavy atom. The lowest BCUT2D eigenvalue weighted by Gasteiger charge is -2.36. The van der Waals surface area contributed by atoms with Crippen molar-refractivity contribution in [1.82, 2.24) is 4.90 Å². The van der Waals surface area contributed by atoms with E-state index in [1.165, 1.54) is 5.56 Å². The fourth-order valence-corrected chi connectivity index (χ4v) is 3.12. The normalized spacial score (nSPS) is 14.6. The van der Waals surface area contributed by atoms with E-state index in [1.807, 2.05) is 43.0 Å². The van der Waals surface area contributed by atoms with Crippen LogP contribution >= 0.6 is 0 Å². The number of aryl methyl sites for hydroxylation is 1. The van der Waals surface area contributed by atoms with Crippen LogP contribution in [0.2, 0.25) is 0 Å². The Bertz CT molecular complexity index is 815. The summed E-state index contributed by atoms with van der Waals surface area (Å²) in [6.45, 7) is 7.83. The van der Waals surface area contributed by atoms with Crippen LogP contribution in [-0.4, -0.2) is 29.9 Å². The van der Waals surface area contributed by atoms with Gasteiger partial charge in [0.25, 0.3) is 0 Å². The van der Waals surface area contributed by atoms with E-state index < -0.39 is 0 Å². The summed E-state index contributed by atoms with van der Waals surface area (Å²) in [5, 5.41) is 2.90. The Labute approximate surface area is 161 Å². The van der Waals surface area contributed by atoms with Gasteiger partial charge in [-0.15, -0.1) is 0 Å². The number of nitrogens with one attached hydrogen (secondary N) is 1. The van der Waals surface area contributed by atoms with Gasteiger partial charge in [-0.25, -0.2) is 4.79 Å². The molecule has 27 heavy (non-hydrogen) atoms.